The fraction of sp³-hybridized carbons (Fsp3) is 0.118. The third-order valence-electron chi connectivity index (χ3n) is 4.15. The van der Waals surface area contributed by atoms with Gasteiger partial charge in [0.15, 0.2) is 11.4 Å². The first-order valence-corrected chi connectivity index (χ1v) is 10.1. The summed E-state index contributed by atoms with van der Waals surface area (Å²) in [5.41, 5.74) is 2.88. The number of hydrogen-bond acceptors (Lipinski definition) is 5. The van der Waals surface area contributed by atoms with E-state index in [2.05, 4.69) is 15.6 Å². The average Bonchev–Trinajstić information content (AvgIpc) is 2.99. The molecule has 3 rings (SSSR count). The van der Waals surface area contributed by atoms with Gasteiger partial charge >= 0.3 is 5.97 Å². The zero-order valence-corrected chi connectivity index (χ0v) is 16.4. The van der Waals surface area contributed by atoms with E-state index in [0.717, 1.165) is 6.20 Å². The Labute approximate surface area is 170 Å². The van der Waals surface area contributed by atoms with Crippen molar-refractivity contribution in [3.8, 4) is 0 Å². The maximum atomic E-state index is 14.2. The minimum Gasteiger partial charge on any atom is -0.479 e. The lowest BCUT2D eigenvalue weighted by atomic mass is 9.90. The maximum absolute atomic E-state index is 14.2. The lowest BCUT2D eigenvalue weighted by molar-refractivity contribution is -0.143. The van der Waals surface area contributed by atoms with Crippen LogP contribution in [0, 0.1) is 0 Å². The van der Waals surface area contributed by atoms with Crippen molar-refractivity contribution in [2.24, 2.45) is 0 Å². The Hall–Kier alpha value is -2.33. The fourth-order valence-corrected chi connectivity index (χ4v) is 4.06. The number of hydrogen-bond donors (Lipinski definition) is 4. The summed E-state index contributed by atoms with van der Waals surface area (Å²) in [6, 6.07) is 9.68. The molecule has 1 unspecified atom stereocenters. The lowest BCUT2D eigenvalue weighted by Gasteiger charge is -2.25. The molecule has 0 saturated carbocycles. The molecular weight excluding hydrogens is 432 g/mol. The van der Waals surface area contributed by atoms with E-state index in [1.807, 2.05) is 0 Å². The summed E-state index contributed by atoms with van der Waals surface area (Å²) in [6.45, 7) is 0. The van der Waals surface area contributed by atoms with Crippen LogP contribution in [-0.2, 0) is 21.2 Å². The Balaban J connectivity index is 1.99. The van der Waals surface area contributed by atoms with E-state index in [0.29, 0.717) is 5.02 Å². The quantitative estimate of drug-likeness (QED) is 0.544. The normalized spacial score (nSPS) is 19.0. The number of nitrogens with one attached hydrogen (secondary N) is 3. The molecule has 7 nitrogen and oxygen atoms in total. The summed E-state index contributed by atoms with van der Waals surface area (Å²) >= 11 is 11.8. The van der Waals surface area contributed by atoms with Gasteiger partial charge in [0.05, 0.1) is 10.6 Å². The number of carboxylic acid groups (broad SMARTS) is 1. The molecule has 1 atom stereocenters. The van der Waals surface area contributed by atoms with Gasteiger partial charge in [-0.3, -0.25) is 4.72 Å². The predicted molar refractivity (Wildman–Crippen MR) is 103 cm³/mol. The van der Waals surface area contributed by atoms with Gasteiger partial charge in [0.25, 0.3) is 10.0 Å². The van der Waals surface area contributed by atoms with E-state index in [1.54, 1.807) is 0 Å². The monoisotopic (exact) mass is 445 g/mol. The van der Waals surface area contributed by atoms with E-state index in [4.69, 9.17) is 23.2 Å². The third kappa shape index (κ3) is 3.93. The van der Waals surface area contributed by atoms with Gasteiger partial charge in [-0.1, -0.05) is 29.3 Å². The molecule has 2 aromatic rings. The molecule has 0 spiro atoms. The van der Waals surface area contributed by atoms with Crippen molar-refractivity contribution in [3.63, 3.8) is 0 Å². The average molecular weight is 446 g/mol. The second kappa shape index (κ2) is 7.59. The van der Waals surface area contributed by atoms with Gasteiger partial charge in [0, 0.05) is 22.7 Å². The fourth-order valence-electron chi connectivity index (χ4n) is 2.67. The van der Waals surface area contributed by atoms with Gasteiger partial charge in [0.2, 0.25) is 0 Å². The van der Waals surface area contributed by atoms with Crippen LogP contribution in [0.5, 0.6) is 0 Å². The molecule has 4 N–H and O–H groups in total. The number of benzene rings is 2. The van der Waals surface area contributed by atoms with Crippen LogP contribution in [0.4, 0.5) is 10.1 Å². The number of carbonyl (C=O) groups is 1. The smallest absolute Gasteiger partial charge is 0.333 e. The Morgan fingerprint density at radius 1 is 1.14 bits per heavy atom. The van der Waals surface area contributed by atoms with Crippen LogP contribution in [0.3, 0.4) is 0 Å². The van der Waals surface area contributed by atoms with Crippen LogP contribution in [0.1, 0.15) is 5.56 Å². The zero-order chi connectivity index (χ0) is 20.5. The SMILES string of the molecule is O=C(O)C1(Cc2ccc(Cl)cc2NS(=O)(=O)c2ccc(Cl)cc2)NNC=C1F. The summed E-state index contributed by atoms with van der Waals surface area (Å²) < 4.78 is 41.9. The molecule has 1 heterocycles. The van der Waals surface area contributed by atoms with E-state index in [9.17, 15) is 22.7 Å². The van der Waals surface area contributed by atoms with E-state index in [-0.39, 0.29) is 27.6 Å². The van der Waals surface area contributed by atoms with Gasteiger partial charge in [-0.05, 0) is 42.0 Å². The van der Waals surface area contributed by atoms with Crippen LogP contribution < -0.4 is 15.6 Å². The topological polar surface area (TPSA) is 108 Å². The molecule has 28 heavy (non-hydrogen) atoms. The molecule has 2 aromatic carbocycles. The molecule has 0 aliphatic carbocycles. The highest BCUT2D eigenvalue weighted by Gasteiger charge is 2.47. The van der Waals surface area contributed by atoms with Crippen LogP contribution in [0.2, 0.25) is 10.0 Å². The third-order valence-corrected chi connectivity index (χ3v) is 6.02. The Morgan fingerprint density at radius 2 is 1.79 bits per heavy atom. The highest BCUT2D eigenvalue weighted by molar-refractivity contribution is 7.92. The molecule has 1 aliphatic heterocycles. The summed E-state index contributed by atoms with van der Waals surface area (Å²) in [5, 5.41) is 10.1. The van der Waals surface area contributed by atoms with Crippen molar-refractivity contribution in [1.29, 1.82) is 0 Å². The summed E-state index contributed by atoms with van der Waals surface area (Å²) in [5.74, 6) is -2.41. The zero-order valence-electron chi connectivity index (χ0n) is 14.0. The first-order chi connectivity index (χ1) is 13.1. The molecule has 0 saturated heterocycles. The highest BCUT2D eigenvalue weighted by atomic mass is 35.5. The van der Waals surface area contributed by atoms with Crippen molar-refractivity contribution >= 4 is 44.9 Å². The van der Waals surface area contributed by atoms with E-state index in [1.165, 1.54) is 42.5 Å². The summed E-state index contributed by atoms with van der Waals surface area (Å²) in [7, 11) is -4.02. The highest BCUT2D eigenvalue weighted by Crippen LogP contribution is 2.32. The van der Waals surface area contributed by atoms with Crippen molar-refractivity contribution < 1.29 is 22.7 Å². The molecule has 0 bridgehead atoms. The maximum Gasteiger partial charge on any atom is 0.333 e. The van der Waals surface area contributed by atoms with Crippen molar-refractivity contribution in [3.05, 3.63) is 70.1 Å². The van der Waals surface area contributed by atoms with Crippen LogP contribution in [-0.4, -0.2) is 25.0 Å². The molecule has 0 radical (unpaired) electrons. The number of rotatable bonds is 6. The minimum absolute atomic E-state index is 0.0320. The number of halogens is 3. The number of sulfonamides is 1. The van der Waals surface area contributed by atoms with Gasteiger partial charge in [-0.25, -0.2) is 23.0 Å². The molecule has 148 valence electrons. The predicted octanol–water partition coefficient (Wildman–Crippen LogP) is 3.08. The van der Waals surface area contributed by atoms with Crippen molar-refractivity contribution in [1.82, 2.24) is 10.9 Å². The van der Waals surface area contributed by atoms with Gasteiger partial charge < -0.3 is 10.5 Å². The van der Waals surface area contributed by atoms with Crippen LogP contribution in [0.25, 0.3) is 0 Å². The van der Waals surface area contributed by atoms with Crippen molar-refractivity contribution in [2.45, 2.75) is 16.9 Å². The Kier molecular flexibility index (Phi) is 5.53. The first-order valence-electron chi connectivity index (χ1n) is 7.83. The number of anilines is 1. The minimum atomic E-state index is -4.02. The molecule has 0 amide bonds. The number of carboxylic acids is 1. The largest absolute Gasteiger partial charge is 0.479 e. The van der Waals surface area contributed by atoms with Crippen LogP contribution in [0.15, 0.2) is 59.4 Å². The lowest BCUT2D eigenvalue weighted by Crippen LogP contribution is -2.54. The van der Waals surface area contributed by atoms with Gasteiger partial charge in [-0.15, -0.1) is 0 Å². The van der Waals surface area contributed by atoms with Crippen LogP contribution >= 0.6 is 23.2 Å². The van der Waals surface area contributed by atoms with Crippen molar-refractivity contribution in [2.75, 3.05) is 4.72 Å². The molecular formula is C17H14Cl2FN3O4S. The Morgan fingerprint density at radius 3 is 2.36 bits per heavy atom. The molecule has 0 aromatic heterocycles. The number of hydrazine groups is 1. The first kappa shape index (κ1) is 20.4. The second-order valence-electron chi connectivity index (χ2n) is 6.01. The van der Waals surface area contributed by atoms with E-state index < -0.39 is 27.4 Å². The van der Waals surface area contributed by atoms with E-state index >= 15 is 0 Å². The van der Waals surface area contributed by atoms with Gasteiger partial charge in [-0.2, -0.15) is 0 Å². The molecule has 0 fully saturated rings. The second-order valence-corrected chi connectivity index (χ2v) is 8.57. The Bertz CT molecular complexity index is 1060. The summed E-state index contributed by atoms with van der Waals surface area (Å²) in [4.78, 5) is 11.6. The molecule has 1 aliphatic rings. The molecule has 11 heteroatoms. The number of aliphatic carboxylic acids is 1. The van der Waals surface area contributed by atoms with Gasteiger partial charge in [0.1, 0.15) is 0 Å². The standard InChI is InChI=1S/C17H14Cl2FN3O4S/c18-11-3-5-13(6-4-11)28(26,27)22-14-7-12(19)2-1-10(14)8-17(16(24)25)15(20)9-21-23-17/h1-7,9,21-23H,8H2,(H,24,25). The summed E-state index contributed by atoms with van der Waals surface area (Å²) in [6.07, 6.45) is 0.509.